The molecule has 0 atom stereocenters. The highest BCUT2D eigenvalue weighted by molar-refractivity contribution is 7.91. The van der Waals surface area contributed by atoms with Crippen molar-refractivity contribution in [3.8, 4) is 0 Å². The van der Waals surface area contributed by atoms with Crippen LogP contribution in [0.2, 0.25) is 0 Å². The van der Waals surface area contributed by atoms with E-state index in [1.165, 1.54) is 37.6 Å². The van der Waals surface area contributed by atoms with Gasteiger partial charge < -0.3 is 9.72 Å². The Kier molecular flexibility index (Phi) is 3.46. The van der Waals surface area contributed by atoms with Crippen LogP contribution in [0.5, 0.6) is 0 Å². The summed E-state index contributed by atoms with van der Waals surface area (Å²) in [5.41, 5.74) is 0.982. The normalized spacial score (nSPS) is 11.5. The second-order valence-corrected chi connectivity index (χ2v) is 6.67. The third-order valence-electron chi connectivity index (χ3n) is 3.42. The van der Waals surface area contributed by atoms with Gasteiger partial charge in [0.25, 0.3) is 0 Å². The smallest absolute Gasteiger partial charge is 0.340 e. The van der Waals surface area contributed by atoms with E-state index >= 15 is 0 Å². The molecule has 1 N–H and O–H groups in total. The van der Waals surface area contributed by atoms with Crippen LogP contribution >= 0.6 is 0 Å². The molecule has 0 unspecified atom stereocenters. The van der Waals surface area contributed by atoms with E-state index < -0.39 is 15.8 Å². The first-order valence-electron chi connectivity index (χ1n) is 6.53. The molecule has 1 aromatic heterocycles. The predicted molar refractivity (Wildman–Crippen MR) is 81.5 cm³/mol. The average molecular weight is 315 g/mol. The molecule has 0 radical (unpaired) electrons. The molecule has 112 valence electrons. The Bertz CT molecular complexity index is 943. The monoisotopic (exact) mass is 315 g/mol. The summed E-state index contributed by atoms with van der Waals surface area (Å²) in [6, 6.07) is 12.8. The van der Waals surface area contributed by atoms with Crippen LogP contribution in [-0.4, -0.2) is 26.5 Å². The SMILES string of the molecule is COC(=O)c1c[nH]c2ccc(S(=O)(=O)c3ccccc3)cc12. The highest BCUT2D eigenvalue weighted by Crippen LogP contribution is 2.26. The summed E-state index contributed by atoms with van der Waals surface area (Å²) >= 11 is 0. The van der Waals surface area contributed by atoms with Gasteiger partial charge in [-0.2, -0.15) is 0 Å². The highest BCUT2D eigenvalue weighted by atomic mass is 32.2. The molecule has 22 heavy (non-hydrogen) atoms. The summed E-state index contributed by atoms with van der Waals surface area (Å²) in [4.78, 5) is 15.0. The number of esters is 1. The van der Waals surface area contributed by atoms with Gasteiger partial charge in [0.05, 0.1) is 22.5 Å². The van der Waals surface area contributed by atoms with Crippen molar-refractivity contribution in [1.29, 1.82) is 0 Å². The fourth-order valence-electron chi connectivity index (χ4n) is 2.28. The molecule has 0 aliphatic carbocycles. The lowest BCUT2D eigenvalue weighted by molar-refractivity contribution is 0.0603. The van der Waals surface area contributed by atoms with Crippen molar-refractivity contribution in [3.05, 3.63) is 60.3 Å². The van der Waals surface area contributed by atoms with Crippen LogP contribution < -0.4 is 0 Å². The second-order valence-electron chi connectivity index (χ2n) is 4.72. The first kappa shape index (κ1) is 14.3. The number of nitrogens with one attached hydrogen (secondary N) is 1. The van der Waals surface area contributed by atoms with Gasteiger partial charge in [-0.25, -0.2) is 13.2 Å². The first-order chi connectivity index (χ1) is 10.5. The van der Waals surface area contributed by atoms with Gasteiger partial charge in [-0.1, -0.05) is 18.2 Å². The number of benzene rings is 2. The summed E-state index contributed by atoms with van der Waals surface area (Å²) in [7, 11) is -2.34. The van der Waals surface area contributed by atoms with Crippen LogP contribution in [-0.2, 0) is 14.6 Å². The molecule has 0 aliphatic heterocycles. The number of sulfone groups is 1. The van der Waals surface area contributed by atoms with Crippen molar-refractivity contribution >= 4 is 26.7 Å². The van der Waals surface area contributed by atoms with Crippen LogP contribution in [0.1, 0.15) is 10.4 Å². The van der Waals surface area contributed by atoms with Gasteiger partial charge in [0.1, 0.15) is 0 Å². The molecular weight excluding hydrogens is 302 g/mol. The van der Waals surface area contributed by atoms with Crippen LogP contribution in [0.3, 0.4) is 0 Å². The lowest BCUT2D eigenvalue weighted by Gasteiger charge is -2.05. The molecule has 0 bridgehead atoms. The number of H-pyrrole nitrogens is 1. The maximum absolute atomic E-state index is 12.6. The average Bonchev–Trinajstić information content (AvgIpc) is 2.98. The van der Waals surface area contributed by atoms with Crippen molar-refractivity contribution in [1.82, 2.24) is 4.98 Å². The highest BCUT2D eigenvalue weighted by Gasteiger charge is 2.20. The van der Waals surface area contributed by atoms with Crippen molar-refractivity contribution in [2.75, 3.05) is 7.11 Å². The molecule has 5 nitrogen and oxygen atoms in total. The number of fused-ring (bicyclic) bond motifs is 1. The maximum Gasteiger partial charge on any atom is 0.340 e. The third kappa shape index (κ3) is 2.27. The molecule has 1 heterocycles. The molecule has 3 rings (SSSR count). The number of aromatic amines is 1. The Morgan fingerprint density at radius 1 is 1.05 bits per heavy atom. The van der Waals surface area contributed by atoms with Crippen LogP contribution in [0.15, 0.2) is 64.5 Å². The zero-order valence-electron chi connectivity index (χ0n) is 11.7. The summed E-state index contributed by atoms with van der Waals surface area (Å²) < 4.78 is 30.0. The Labute approximate surface area is 127 Å². The molecule has 0 saturated carbocycles. The van der Waals surface area contributed by atoms with E-state index in [2.05, 4.69) is 4.98 Å². The summed E-state index contributed by atoms with van der Waals surface area (Å²) in [6.45, 7) is 0. The molecule has 0 saturated heterocycles. The van der Waals surface area contributed by atoms with Crippen molar-refractivity contribution in [2.45, 2.75) is 9.79 Å². The van der Waals surface area contributed by atoms with Crippen LogP contribution in [0.25, 0.3) is 10.9 Å². The Balaban J connectivity index is 2.18. The molecule has 3 aromatic rings. The van der Waals surface area contributed by atoms with Gasteiger partial charge in [-0.3, -0.25) is 0 Å². The molecular formula is C16H13NO4S. The number of hydrogen-bond acceptors (Lipinski definition) is 4. The number of methoxy groups -OCH3 is 1. The second kappa shape index (κ2) is 5.31. The Morgan fingerprint density at radius 3 is 2.45 bits per heavy atom. The van der Waals surface area contributed by atoms with Gasteiger partial charge in [-0.15, -0.1) is 0 Å². The molecule has 0 fully saturated rings. The summed E-state index contributed by atoms with van der Waals surface area (Å²) in [6.07, 6.45) is 1.51. The zero-order valence-corrected chi connectivity index (χ0v) is 12.6. The lowest BCUT2D eigenvalue weighted by atomic mass is 10.2. The van der Waals surface area contributed by atoms with Crippen LogP contribution in [0.4, 0.5) is 0 Å². The van der Waals surface area contributed by atoms with E-state index in [1.807, 2.05) is 0 Å². The topological polar surface area (TPSA) is 76.2 Å². The van der Waals surface area contributed by atoms with Crippen molar-refractivity contribution in [3.63, 3.8) is 0 Å². The van der Waals surface area contributed by atoms with Gasteiger partial charge in [-0.05, 0) is 30.3 Å². The van der Waals surface area contributed by atoms with Gasteiger partial charge in [0, 0.05) is 17.1 Å². The van der Waals surface area contributed by atoms with E-state index in [0.717, 1.165) is 0 Å². The molecule has 0 spiro atoms. The molecule has 0 amide bonds. The minimum Gasteiger partial charge on any atom is -0.465 e. The maximum atomic E-state index is 12.6. The number of ether oxygens (including phenoxy) is 1. The summed E-state index contributed by atoms with van der Waals surface area (Å²) in [5.74, 6) is -0.513. The predicted octanol–water partition coefficient (Wildman–Crippen LogP) is 2.79. The minimum absolute atomic E-state index is 0.135. The van der Waals surface area contributed by atoms with E-state index in [4.69, 9.17) is 4.74 Å². The number of aromatic nitrogens is 1. The molecule has 2 aromatic carbocycles. The minimum atomic E-state index is -3.62. The van der Waals surface area contributed by atoms with Crippen molar-refractivity contribution in [2.24, 2.45) is 0 Å². The Hall–Kier alpha value is -2.60. The number of carbonyl (C=O) groups is 1. The quantitative estimate of drug-likeness (QED) is 0.754. The fourth-order valence-corrected chi connectivity index (χ4v) is 3.59. The van der Waals surface area contributed by atoms with E-state index in [1.54, 1.807) is 24.3 Å². The summed E-state index contributed by atoms with van der Waals surface area (Å²) in [5, 5.41) is 0.517. The number of hydrogen-bond donors (Lipinski definition) is 1. The third-order valence-corrected chi connectivity index (χ3v) is 5.19. The lowest BCUT2D eigenvalue weighted by Crippen LogP contribution is -2.03. The van der Waals surface area contributed by atoms with E-state index in [0.29, 0.717) is 16.5 Å². The van der Waals surface area contributed by atoms with Crippen molar-refractivity contribution < 1.29 is 17.9 Å². The van der Waals surface area contributed by atoms with Gasteiger partial charge in [0.15, 0.2) is 0 Å². The number of carbonyl (C=O) groups excluding carboxylic acids is 1. The van der Waals surface area contributed by atoms with Gasteiger partial charge in [0.2, 0.25) is 9.84 Å². The van der Waals surface area contributed by atoms with Crippen LogP contribution in [0, 0.1) is 0 Å². The van der Waals surface area contributed by atoms with E-state index in [9.17, 15) is 13.2 Å². The number of rotatable bonds is 3. The van der Waals surface area contributed by atoms with Gasteiger partial charge >= 0.3 is 5.97 Å². The standard InChI is InChI=1S/C16H13NO4S/c1-21-16(18)14-10-17-15-8-7-12(9-13(14)15)22(19,20)11-5-3-2-4-6-11/h2-10,17H,1H3. The largest absolute Gasteiger partial charge is 0.465 e. The zero-order chi connectivity index (χ0) is 15.7. The fraction of sp³-hybridized carbons (Fsp3) is 0.0625. The first-order valence-corrected chi connectivity index (χ1v) is 8.02. The Morgan fingerprint density at radius 2 is 1.77 bits per heavy atom. The molecule has 0 aliphatic rings. The molecule has 6 heteroatoms. The van der Waals surface area contributed by atoms with E-state index in [-0.39, 0.29) is 9.79 Å².